The van der Waals surface area contributed by atoms with Crippen molar-refractivity contribution in [2.45, 2.75) is 85.6 Å². The van der Waals surface area contributed by atoms with E-state index in [0.29, 0.717) is 23.7 Å². The fourth-order valence-electron chi connectivity index (χ4n) is 5.73. The molecule has 0 amide bonds. The third-order valence-corrected chi connectivity index (χ3v) is 9.68. The van der Waals surface area contributed by atoms with Gasteiger partial charge in [0.2, 0.25) is 0 Å². The van der Waals surface area contributed by atoms with Crippen LogP contribution >= 0.6 is 19.4 Å². The Morgan fingerprint density at radius 1 is 0.674 bits per heavy atom. The van der Waals surface area contributed by atoms with E-state index >= 15 is 0 Å². The van der Waals surface area contributed by atoms with E-state index in [1.165, 1.54) is 44.8 Å². The van der Waals surface area contributed by atoms with Crippen LogP contribution in [-0.4, -0.2) is 36.7 Å². The Bertz CT molecular complexity index is 1240. The van der Waals surface area contributed by atoms with Gasteiger partial charge in [0, 0.05) is 24.5 Å². The van der Waals surface area contributed by atoms with Crippen molar-refractivity contribution in [2.24, 2.45) is 0 Å². The topological polar surface area (TPSA) is 9.72 Å². The van der Waals surface area contributed by atoms with Gasteiger partial charge in [-0.05, 0) is 45.9 Å². The zero-order valence-corrected chi connectivity index (χ0v) is 31.1. The Morgan fingerprint density at radius 2 is 1.07 bits per heavy atom. The van der Waals surface area contributed by atoms with Crippen LogP contribution in [0.25, 0.3) is 0 Å². The summed E-state index contributed by atoms with van der Waals surface area (Å²) in [4.78, 5) is 7.14. The van der Waals surface area contributed by atoms with Crippen LogP contribution in [0.3, 0.4) is 0 Å². The summed E-state index contributed by atoms with van der Waals surface area (Å²) in [5, 5.41) is 0. The van der Waals surface area contributed by atoms with Gasteiger partial charge in [-0.25, -0.2) is 0 Å². The Morgan fingerprint density at radius 3 is 1.42 bits per heavy atom. The molecule has 0 radical (unpaired) electrons. The number of rotatable bonds is 9. The normalized spacial score (nSPS) is 13.8. The quantitative estimate of drug-likeness (QED) is 0.162. The molecule has 0 aromatic heterocycles. The summed E-state index contributed by atoms with van der Waals surface area (Å²) in [5.74, 6) is 2.06. The molecule has 0 unspecified atom stereocenters. The first kappa shape index (κ1) is 35.8. The summed E-state index contributed by atoms with van der Waals surface area (Å²) in [7, 11) is 15.8. The summed E-state index contributed by atoms with van der Waals surface area (Å²) in [6.45, 7) is 23.8. The van der Waals surface area contributed by atoms with E-state index in [0.717, 1.165) is 19.6 Å². The van der Waals surface area contributed by atoms with Crippen LogP contribution in [0.2, 0.25) is 0 Å². The zero-order chi connectivity index (χ0) is 31.8. The van der Waals surface area contributed by atoms with Gasteiger partial charge < -0.3 is 9.80 Å². The molecule has 238 valence electrons. The van der Waals surface area contributed by atoms with Gasteiger partial charge in [0.25, 0.3) is 0 Å². The average Bonchev–Trinajstić information content (AvgIpc) is 3.42. The second-order valence-electron chi connectivity index (χ2n) is 12.9. The van der Waals surface area contributed by atoms with E-state index in [1.54, 1.807) is 0 Å². The van der Waals surface area contributed by atoms with Gasteiger partial charge in [0.15, 0.2) is 0 Å². The van der Waals surface area contributed by atoms with Gasteiger partial charge in [-0.1, -0.05) is 91.8 Å². The van der Waals surface area contributed by atoms with E-state index in [1.807, 2.05) is 30.8 Å². The fourth-order valence-corrected chi connectivity index (χ4v) is 7.61. The van der Waals surface area contributed by atoms with Crippen LogP contribution in [-0.2, 0) is 20.1 Å². The maximum absolute atomic E-state index is 5.86. The fraction of sp³-hybridized carbons (Fsp3) is 0.459. The number of anilines is 2. The van der Waals surface area contributed by atoms with Crippen molar-refractivity contribution in [3.63, 3.8) is 0 Å². The third kappa shape index (κ3) is 9.64. The van der Waals surface area contributed by atoms with E-state index in [9.17, 15) is 0 Å². The zero-order valence-electron chi connectivity index (χ0n) is 27.8. The molecule has 0 saturated carbocycles. The minimum atomic E-state index is -1.71. The van der Waals surface area contributed by atoms with Gasteiger partial charge in [-0.3, -0.25) is 0 Å². The predicted molar refractivity (Wildman–Crippen MR) is 189 cm³/mol. The molecule has 0 spiro atoms. The van der Waals surface area contributed by atoms with Crippen LogP contribution < -0.4 is 9.80 Å². The number of para-hydroxylation sites is 2. The number of benzene rings is 3. The number of halogens is 2. The van der Waals surface area contributed by atoms with Gasteiger partial charge >= 0.3 is 98.4 Å². The van der Waals surface area contributed by atoms with E-state index in [2.05, 4.69) is 125 Å². The predicted octanol–water partition coefficient (Wildman–Crippen LogP) is 10.5. The molecule has 0 atom stereocenters. The van der Waals surface area contributed by atoms with Crippen molar-refractivity contribution in [3.8, 4) is 0 Å². The van der Waals surface area contributed by atoms with Crippen LogP contribution in [0.15, 0.2) is 60.7 Å². The Labute approximate surface area is 275 Å². The van der Waals surface area contributed by atoms with Gasteiger partial charge in [0.05, 0.1) is 0 Å². The molecular formula is C37H52Cl2N3Ru-. The first-order valence-corrected chi connectivity index (χ1v) is 21.0. The molecule has 3 aromatic rings. The minimum absolute atomic E-state index is 0.514. The molecule has 1 heterocycles. The standard InChI is InChI=1S/C27H39N2.C10H13N.2ClH.Ru/c1-18(2)22-11-9-12-23(19(3)4)26(22)28-15-16-29(17-28)27-24(20(5)6)13-10-14-25(27)21(7)8;1-9-6-4-5-7-10(9)8-11(2)3;;;/h9-14,17-21H,15-16H2,1-8H3;1,4-7H,8H2,2-3H3;2*1H;/q-1;;;;+2/p-2. The Kier molecular flexibility index (Phi) is 13.8. The molecule has 1 fully saturated rings. The maximum atomic E-state index is 5.86. The molecule has 0 bridgehead atoms. The first-order valence-electron chi connectivity index (χ1n) is 15.5. The SMILES string of the molecule is CC(C)c1cccc(C(C)C)c1N1[CH-]N(c2c(C(C)C)cccc2C(C)C)CC1.CN(C)Cc1ccccc1[CH]=[Ru]([Cl])[Cl]. The second kappa shape index (κ2) is 16.6. The van der Waals surface area contributed by atoms with E-state index < -0.39 is 13.5 Å². The van der Waals surface area contributed by atoms with Gasteiger partial charge in [-0.15, -0.1) is 0 Å². The molecule has 1 saturated heterocycles. The average molecular weight is 711 g/mol. The molecule has 6 heteroatoms. The molecule has 1 aliphatic rings. The van der Waals surface area contributed by atoms with Crippen LogP contribution in [0, 0.1) is 6.67 Å². The monoisotopic (exact) mass is 710 g/mol. The first-order chi connectivity index (χ1) is 20.3. The van der Waals surface area contributed by atoms with Crippen LogP contribution in [0.5, 0.6) is 0 Å². The number of hydrogen-bond acceptors (Lipinski definition) is 3. The Balaban J connectivity index is 0.000000303. The molecule has 3 aromatic carbocycles. The molecule has 4 rings (SSSR count). The summed E-state index contributed by atoms with van der Waals surface area (Å²) in [5.41, 5.74) is 11.1. The van der Waals surface area contributed by atoms with E-state index in [4.69, 9.17) is 19.4 Å². The van der Waals surface area contributed by atoms with E-state index in [-0.39, 0.29) is 0 Å². The van der Waals surface area contributed by atoms with Crippen molar-refractivity contribution >= 4 is 35.4 Å². The summed E-state index contributed by atoms with van der Waals surface area (Å²) in [6, 6.07) is 21.9. The van der Waals surface area contributed by atoms with Crippen molar-refractivity contribution in [2.75, 3.05) is 37.0 Å². The molecule has 1 aliphatic heterocycles. The number of hydrogen-bond donors (Lipinski definition) is 0. The van der Waals surface area contributed by atoms with Gasteiger partial charge in [0.1, 0.15) is 0 Å². The molecule has 0 aliphatic carbocycles. The van der Waals surface area contributed by atoms with Crippen molar-refractivity contribution in [1.29, 1.82) is 0 Å². The van der Waals surface area contributed by atoms with Crippen molar-refractivity contribution < 1.29 is 13.5 Å². The van der Waals surface area contributed by atoms with Gasteiger partial charge in [-0.2, -0.15) is 6.67 Å². The van der Waals surface area contributed by atoms with Crippen molar-refractivity contribution in [3.05, 3.63) is 101 Å². The summed E-state index contributed by atoms with van der Waals surface area (Å²) < 4.78 is 1.99. The molecule has 3 nitrogen and oxygen atoms in total. The van der Waals surface area contributed by atoms with Crippen LogP contribution in [0.4, 0.5) is 11.4 Å². The van der Waals surface area contributed by atoms with Crippen molar-refractivity contribution in [1.82, 2.24) is 4.90 Å². The third-order valence-electron chi connectivity index (χ3n) is 7.85. The molecule has 43 heavy (non-hydrogen) atoms. The summed E-state index contributed by atoms with van der Waals surface area (Å²) >= 11 is -1.71. The number of nitrogens with zero attached hydrogens (tertiary/aromatic N) is 3. The second-order valence-corrected chi connectivity index (χ2v) is 18.7. The Hall–Kier alpha value is -1.71. The molecular weight excluding hydrogens is 658 g/mol. The summed E-state index contributed by atoms with van der Waals surface area (Å²) in [6.07, 6.45) is 0. The molecule has 0 N–H and O–H groups in total. The van der Waals surface area contributed by atoms with Crippen LogP contribution in [0.1, 0.15) is 112 Å².